The highest BCUT2D eigenvalue weighted by molar-refractivity contribution is 7.14. The SMILES string of the molecule is O=C(NCc1cccs1)c1csc(Nc2cccnc2)n1. The van der Waals surface area contributed by atoms with E-state index in [-0.39, 0.29) is 5.91 Å². The molecule has 2 N–H and O–H groups in total. The lowest BCUT2D eigenvalue weighted by molar-refractivity contribution is 0.0947. The first-order chi connectivity index (χ1) is 10.3. The number of hydrogen-bond acceptors (Lipinski definition) is 6. The van der Waals surface area contributed by atoms with E-state index in [4.69, 9.17) is 0 Å². The maximum Gasteiger partial charge on any atom is 0.271 e. The van der Waals surface area contributed by atoms with E-state index in [1.54, 1.807) is 29.1 Å². The molecule has 7 heteroatoms. The van der Waals surface area contributed by atoms with Gasteiger partial charge < -0.3 is 10.6 Å². The maximum absolute atomic E-state index is 12.0. The number of carbonyl (C=O) groups is 1. The quantitative estimate of drug-likeness (QED) is 0.758. The second kappa shape index (κ2) is 6.47. The van der Waals surface area contributed by atoms with Crippen molar-refractivity contribution in [3.63, 3.8) is 0 Å². The smallest absolute Gasteiger partial charge is 0.271 e. The molecule has 3 rings (SSSR count). The van der Waals surface area contributed by atoms with Gasteiger partial charge in [-0.3, -0.25) is 9.78 Å². The molecule has 0 aromatic carbocycles. The lowest BCUT2D eigenvalue weighted by atomic mass is 10.4. The Bertz CT molecular complexity index is 710. The predicted octanol–water partition coefficient (Wildman–Crippen LogP) is 3.27. The highest BCUT2D eigenvalue weighted by atomic mass is 32.1. The van der Waals surface area contributed by atoms with Gasteiger partial charge in [-0.1, -0.05) is 6.07 Å². The number of thiazole rings is 1. The minimum Gasteiger partial charge on any atom is -0.346 e. The number of aromatic nitrogens is 2. The molecule has 21 heavy (non-hydrogen) atoms. The van der Waals surface area contributed by atoms with Crippen LogP contribution in [0.2, 0.25) is 0 Å². The zero-order valence-corrected chi connectivity index (χ0v) is 12.6. The van der Waals surface area contributed by atoms with Crippen LogP contribution in [-0.4, -0.2) is 15.9 Å². The van der Waals surface area contributed by atoms with Gasteiger partial charge in [-0.25, -0.2) is 4.98 Å². The molecule has 0 aliphatic heterocycles. The molecule has 0 bridgehead atoms. The summed E-state index contributed by atoms with van der Waals surface area (Å²) in [5.74, 6) is -0.168. The van der Waals surface area contributed by atoms with Gasteiger partial charge in [-0.05, 0) is 23.6 Å². The van der Waals surface area contributed by atoms with Crippen LogP contribution in [-0.2, 0) is 6.54 Å². The van der Waals surface area contributed by atoms with E-state index in [1.807, 2.05) is 29.6 Å². The summed E-state index contributed by atoms with van der Waals surface area (Å²) in [6.07, 6.45) is 3.41. The largest absolute Gasteiger partial charge is 0.346 e. The van der Waals surface area contributed by atoms with Crippen LogP contribution in [0, 0.1) is 0 Å². The Balaban J connectivity index is 1.60. The van der Waals surface area contributed by atoms with Crippen molar-refractivity contribution in [2.45, 2.75) is 6.54 Å². The molecule has 0 unspecified atom stereocenters. The number of carbonyl (C=O) groups excluding carboxylic acids is 1. The second-order valence-electron chi connectivity index (χ2n) is 4.17. The third-order valence-corrected chi connectivity index (χ3v) is 4.29. The van der Waals surface area contributed by atoms with Crippen LogP contribution >= 0.6 is 22.7 Å². The highest BCUT2D eigenvalue weighted by Gasteiger charge is 2.10. The minimum atomic E-state index is -0.168. The molecule has 5 nitrogen and oxygen atoms in total. The number of amides is 1. The third kappa shape index (κ3) is 3.65. The molecule has 1 amide bonds. The Morgan fingerprint density at radius 1 is 1.24 bits per heavy atom. The van der Waals surface area contributed by atoms with Crippen LogP contribution < -0.4 is 10.6 Å². The summed E-state index contributed by atoms with van der Waals surface area (Å²) < 4.78 is 0. The number of hydrogen-bond donors (Lipinski definition) is 2. The van der Waals surface area contributed by atoms with Crippen molar-refractivity contribution in [1.29, 1.82) is 0 Å². The molecule has 0 saturated heterocycles. The van der Waals surface area contributed by atoms with E-state index in [2.05, 4.69) is 20.6 Å². The fourth-order valence-electron chi connectivity index (χ4n) is 1.67. The normalized spacial score (nSPS) is 10.3. The number of pyridine rings is 1. The summed E-state index contributed by atoms with van der Waals surface area (Å²) >= 11 is 3.00. The topological polar surface area (TPSA) is 66.9 Å². The van der Waals surface area contributed by atoms with Crippen molar-refractivity contribution in [1.82, 2.24) is 15.3 Å². The molecule has 3 heterocycles. The molecule has 0 aliphatic rings. The first-order valence-corrected chi connectivity index (χ1v) is 8.00. The maximum atomic E-state index is 12.0. The van der Waals surface area contributed by atoms with Crippen LogP contribution in [0.4, 0.5) is 10.8 Å². The zero-order valence-electron chi connectivity index (χ0n) is 10.9. The summed E-state index contributed by atoms with van der Waals surface area (Å²) in [4.78, 5) is 21.4. The van der Waals surface area contributed by atoms with Gasteiger partial charge in [0.25, 0.3) is 5.91 Å². The van der Waals surface area contributed by atoms with Crippen molar-refractivity contribution in [2.75, 3.05) is 5.32 Å². The van der Waals surface area contributed by atoms with Crippen molar-refractivity contribution in [3.05, 3.63) is 58.0 Å². The van der Waals surface area contributed by atoms with Crippen molar-refractivity contribution >= 4 is 39.4 Å². The number of thiophene rings is 1. The highest BCUT2D eigenvalue weighted by Crippen LogP contribution is 2.20. The van der Waals surface area contributed by atoms with E-state index in [0.717, 1.165) is 10.6 Å². The van der Waals surface area contributed by atoms with Crippen molar-refractivity contribution in [3.8, 4) is 0 Å². The lowest BCUT2D eigenvalue weighted by Crippen LogP contribution is -2.22. The van der Waals surface area contributed by atoms with Crippen LogP contribution in [0.3, 0.4) is 0 Å². The first-order valence-electron chi connectivity index (χ1n) is 6.24. The van der Waals surface area contributed by atoms with E-state index in [0.29, 0.717) is 17.4 Å². The van der Waals surface area contributed by atoms with E-state index < -0.39 is 0 Å². The van der Waals surface area contributed by atoms with Crippen LogP contribution in [0.1, 0.15) is 15.4 Å². The van der Waals surface area contributed by atoms with Crippen LogP contribution in [0.5, 0.6) is 0 Å². The van der Waals surface area contributed by atoms with Crippen molar-refractivity contribution in [2.24, 2.45) is 0 Å². The van der Waals surface area contributed by atoms with Gasteiger partial charge in [-0.2, -0.15) is 0 Å². The summed E-state index contributed by atoms with van der Waals surface area (Å²) in [6, 6.07) is 7.68. The summed E-state index contributed by atoms with van der Waals surface area (Å²) in [7, 11) is 0. The Hall–Kier alpha value is -2.25. The first kappa shape index (κ1) is 13.7. The molecule has 0 spiro atoms. The summed E-state index contributed by atoms with van der Waals surface area (Å²) in [5, 5.41) is 10.4. The van der Waals surface area contributed by atoms with Gasteiger partial charge in [-0.15, -0.1) is 22.7 Å². The van der Waals surface area contributed by atoms with Gasteiger partial charge in [0.15, 0.2) is 5.13 Å². The van der Waals surface area contributed by atoms with Gasteiger partial charge in [0.1, 0.15) is 5.69 Å². The minimum absolute atomic E-state index is 0.168. The van der Waals surface area contributed by atoms with E-state index in [1.165, 1.54) is 11.3 Å². The third-order valence-electron chi connectivity index (χ3n) is 2.65. The molecule has 0 atom stereocenters. The fourth-order valence-corrected chi connectivity index (χ4v) is 3.02. The molecule has 3 aromatic heterocycles. The molecule has 0 saturated carbocycles. The average molecular weight is 316 g/mol. The van der Waals surface area contributed by atoms with Crippen LogP contribution in [0.25, 0.3) is 0 Å². The Kier molecular flexibility index (Phi) is 4.23. The standard InChI is InChI=1S/C14H12N4OS2/c19-13(16-8-11-4-2-6-20-11)12-9-21-14(18-12)17-10-3-1-5-15-7-10/h1-7,9H,8H2,(H,16,19)(H,17,18). The molecule has 106 valence electrons. The van der Waals surface area contributed by atoms with Crippen LogP contribution in [0.15, 0.2) is 47.4 Å². The lowest BCUT2D eigenvalue weighted by Gasteiger charge is -2.01. The molecule has 0 radical (unpaired) electrons. The predicted molar refractivity (Wildman–Crippen MR) is 85.1 cm³/mol. The molecule has 0 fully saturated rings. The number of anilines is 2. The van der Waals surface area contributed by atoms with Gasteiger partial charge in [0, 0.05) is 16.5 Å². The van der Waals surface area contributed by atoms with Crippen molar-refractivity contribution < 1.29 is 4.79 Å². The number of nitrogens with zero attached hydrogens (tertiary/aromatic N) is 2. The molecule has 0 aliphatic carbocycles. The van der Waals surface area contributed by atoms with Gasteiger partial charge in [0.05, 0.1) is 18.4 Å². The summed E-state index contributed by atoms with van der Waals surface area (Å²) in [5.41, 5.74) is 1.26. The number of nitrogens with one attached hydrogen (secondary N) is 2. The number of rotatable bonds is 5. The second-order valence-corrected chi connectivity index (χ2v) is 6.06. The Morgan fingerprint density at radius 3 is 2.95 bits per heavy atom. The Morgan fingerprint density at radius 2 is 2.19 bits per heavy atom. The average Bonchev–Trinajstić information content (AvgIpc) is 3.17. The van der Waals surface area contributed by atoms with E-state index in [9.17, 15) is 4.79 Å². The van der Waals surface area contributed by atoms with Gasteiger partial charge >= 0.3 is 0 Å². The molecular weight excluding hydrogens is 304 g/mol. The van der Waals surface area contributed by atoms with Gasteiger partial charge in [0.2, 0.25) is 0 Å². The fraction of sp³-hybridized carbons (Fsp3) is 0.0714. The monoisotopic (exact) mass is 316 g/mol. The summed E-state index contributed by atoms with van der Waals surface area (Å²) in [6.45, 7) is 0.527. The Labute approximate surface area is 129 Å². The van der Waals surface area contributed by atoms with E-state index >= 15 is 0 Å². The molecule has 3 aromatic rings. The zero-order chi connectivity index (χ0) is 14.5. The molecular formula is C14H12N4OS2.